The number of hydrogen-bond acceptors (Lipinski definition) is 2. The average molecular weight is 328 g/mol. The number of carbonyl (C=O) groups excluding carboxylic acids is 1. The Bertz CT molecular complexity index is 1020. The van der Waals surface area contributed by atoms with Crippen LogP contribution in [0.2, 0.25) is 0 Å². The second kappa shape index (κ2) is 6.53. The molecule has 4 rings (SSSR count). The molecule has 1 amide bonds. The van der Waals surface area contributed by atoms with Crippen molar-refractivity contribution in [1.82, 2.24) is 4.98 Å². The highest BCUT2D eigenvalue weighted by Gasteiger charge is 2.08. The monoisotopic (exact) mass is 328 g/mol. The van der Waals surface area contributed by atoms with Crippen LogP contribution in [0.4, 0.5) is 10.5 Å². The zero-order valence-electron chi connectivity index (χ0n) is 13.4. The maximum absolute atomic E-state index is 12.1. The SMILES string of the molecule is O=C(Nc1cccc(-c2cccc3cc[nH]c23)c1)Oc1ccccc1. The Morgan fingerprint density at radius 2 is 1.72 bits per heavy atom. The molecule has 0 atom stereocenters. The second-order valence-electron chi connectivity index (χ2n) is 5.66. The van der Waals surface area contributed by atoms with E-state index >= 15 is 0 Å². The van der Waals surface area contributed by atoms with Gasteiger partial charge >= 0.3 is 6.09 Å². The molecule has 4 heteroatoms. The van der Waals surface area contributed by atoms with E-state index in [4.69, 9.17) is 4.74 Å². The molecule has 0 unspecified atom stereocenters. The van der Waals surface area contributed by atoms with Gasteiger partial charge in [0.2, 0.25) is 0 Å². The number of nitrogens with one attached hydrogen (secondary N) is 2. The molecule has 1 heterocycles. The van der Waals surface area contributed by atoms with Gasteiger partial charge in [-0.3, -0.25) is 5.32 Å². The smallest absolute Gasteiger partial charge is 0.410 e. The average Bonchev–Trinajstić information content (AvgIpc) is 3.11. The van der Waals surface area contributed by atoms with E-state index in [0.29, 0.717) is 11.4 Å². The maximum atomic E-state index is 12.1. The minimum Gasteiger partial charge on any atom is -0.410 e. The Labute approximate surface area is 145 Å². The van der Waals surface area contributed by atoms with Crippen molar-refractivity contribution in [3.8, 4) is 16.9 Å². The third kappa shape index (κ3) is 3.23. The molecule has 0 fully saturated rings. The van der Waals surface area contributed by atoms with Gasteiger partial charge in [0.1, 0.15) is 5.75 Å². The van der Waals surface area contributed by atoms with Gasteiger partial charge in [-0.15, -0.1) is 0 Å². The number of carbonyl (C=O) groups is 1. The third-order valence-electron chi connectivity index (χ3n) is 3.96. The van der Waals surface area contributed by atoms with Crippen LogP contribution in [0.25, 0.3) is 22.0 Å². The standard InChI is InChI=1S/C21H16N2O2/c24-21(25-18-9-2-1-3-10-18)23-17-8-4-7-16(14-17)19-11-5-6-15-12-13-22-20(15)19/h1-14,22H,(H,23,24). The first-order chi connectivity index (χ1) is 12.3. The fourth-order valence-corrected chi connectivity index (χ4v) is 2.83. The first-order valence-corrected chi connectivity index (χ1v) is 8.00. The quantitative estimate of drug-likeness (QED) is 0.526. The largest absolute Gasteiger partial charge is 0.417 e. The Hall–Kier alpha value is -3.53. The van der Waals surface area contributed by atoms with Crippen LogP contribution in [0.3, 0.4) is 0 Å². The molecule has 4 nitrogen and oxygen atoms in total. The summed E-state index contributed by atoms with van der Waals surface area (Å²) in [6.45, 7) is 0. The van der Waals surface area contributed by atoms with Crippen molar-refractivity contribution in [3.05, 3.63) is 85.1 Å². The molecule has 0 aliphatic heterocycles. The lowest BCUT2D eigenvalue weighted by molar-refractivity contribution is 0.215. The summed E-state index contributed by atoms with van der Waals surface area (Å²) in [5, 5.41) is 3.92. The van der Waals surface area contributed by atoms with Crippen LogP contribution < -0.4 is 10.1 Å². The fraction of sp³-hybridized carbons (Fsp3) is 0. The van der Waals surface area contributed by atoms with Crippen molar-refractivity contribution in [3.63, 3.8) is 0 Å². The van der Waals surface area contributed by atoms with Gasteiger partial charge in [-0.1, -0.05) is 48.5 Å². The summed E-state index contributed by atoms with van der Waals surface area (Å²) in [4.78, 5) is 15.3. The minimum absolute atomic E-state index is 0.507. The molecule has 0 bridgehead atoms. The predicted octanol–water partition coefficient (Wildman–Crippen LogP) is 5.45. The first kappa shape index (κ1) is 15.0. The molecule has 25 heavy (non-hydrogen) atoms. The number of aromatic amines is 1. The van der Waals surface area contributed by atoms with Crippen LogP contribution in [0.15, 0.2) is 85.1 Å². The molecule has 0 saturated carbocycles. The Morgan fingerprint density at radius 1 is 0.880 bits per heavy atom. The molecule has 3 aromatic carbocycles. The van der Waals surface area contributed by atoms with Gasteiger partial charge in [0, 0.05) is 17.4 Å². The molecule has 0 radical (unpaired) electrons. The van der Waals surface area contributed by atoms with Gasteiger partial charge in [-0.2, -0.15) is 0 Å². The highest BCUT2D eigenvalue weighted by atomic mass is 16.6. The lowest BCUT2D eigenvalue weighted by atomic mass is 10.0. The summed E-state index contributed by atoms with van der Waals surface area (Å²) in [6.07, 6.45) is 1.41. The Balaban J connectivity index is 1.57. The van der Waals surface area contributed by atoms with E-state index in [1.807, 2.05) is 60.8 Å². The third-order valence-corrected chi connectivity index (χ3v) is 3.96. The van der Waals surface area contributed by atoms with E-state index in [2.05, 4.69) is 22.4 Å². The number of H-pyrrole nitrogens is 1. The van der Waals surface area contributed by atoms with Crippen LogP contribution in [0.5, 0.6) is 5.75 Å². The molecule has 0 aliphatic rings. The number of fused-ring (bicyclic) bond motifs is 1. The normalized spacial score (nSPS) is 10.6. The van der Waals surface area contributed by atoms with Crippen LogP contribution >= 0.6 is 0 Å². The molecule has 122 valence electrons. The summed E-state index contributed by atoms with van der Waals surface area (Å²) < 4.78 is 5.27. The number of benzene rings is 3. The van der Waals surface area contributed by atoms with E-state index in [9.17, 15) is 4.79 Å². The summed E-state index contributed by atoms with van der Waals surface area (Å²) in [5.74, 6) is 0.507. The lowest BCUT2D eigenvalue weighted by Crippen LogP contribution is -2.16. The number of para-hydroxylation sites is 2. The van der Waals surface area contributed by atoms with Gasteiger partial charge in [0.05, 0.1) is 5.52 Å². The number of anilines is 1. The summed E-state index contributed by atoms with van der Waals surface area (Å²) in [6, 6.07) is 24.9. The number of ether oxygens (including phenoxy) is 1. The molecule has 1 aromatic heterocycles. The van der Waals surface area contributed by atoms with E-state index in [1.165, 1.54) is 0 Å². The van der Waals surface area contributed by atoms with Gasteiger partial charge in [0.25, 0.3) is 0 Å². The Morgan fingerprint density at radius 3 is 2.60 bits per heavy atom. The zero-order valence-corrected chi connectivity index (χ0v) is 13.4. The molecule has 0 saturated heterocycles. The van der Waals surface area contributed by atoms with Gasteiger partial charge in [-0.25, -0.2) is 4.79 Å². The molecular weight excluding hydrogens is 312 g/mol. The Kier molecular flexibility index (Phi) is 3.92. The summed E-state index contributed by atoms with van der Waals surface area (Å²) >= 11 is 0. The van der Waals surface area contributed by atoms with Crippen LogP contribution in [-0.4, -0.2) is 11.1 Å². The van der Waals surface area contributed by atoms with Gasteiger partial charge in [0.15, 0.2) is 0 Å². The number of amides is 1. The maximum Gasteiger partial charge on any atom is 0.417 e. The van der Waals surface area contributed by atoms with E-state index in [0.717, 1.165) is 22.0 Å². The summed E-state index contributed by atoms with van der Waals surface area (Å²) in [7, 11) is 0. The van der Waals surface area contributed by atoms with Gasteiger partial charge in [-0.05, 0) is 41.3 Å². The number of aromatic nitrogens is 1. The van der Waals surface area contributed by atoms with Crippen molar-refractivity contribution >= 4 is 22.7 Å². The predicted molar refractivity (Wildman–Crippen MR) is 99.8 cm³/mol. The van der Waals surface area contributed by atoms with E-state index in [1.54, 1.807) is 12.1 Å². The summed E-state index contributed by atoms with van der Waals surface area (Å²) in [5.41, 5.74) is 3.86. The van der Waals surface area contributed by atoms with Crippen molar-refractivity contribution in [2.45, 2.75) is 0 Å². The second-order valence-corrected chi connectivity index (χ2v) is 5.66. The molecule has 4 aromatic rings. The van der Waals surface area contributed by atoms with E-state index < -0.39 is 6.09 Å². The zero-order chi connectivity index (χ0) is 17.1. The van der Waals surface area contributed by atoms with Crippen molar-refractivity contribution in [1.29, 1.82) is 0 Å². The molecule has 0 aliphatic carbocycles. The highest BCUT2D eigenvalue weighted by Crippen LogP contribution is 2.29. The number of hydrogen-bond donors (Lipinski definition) is 2. The van der Waals surface area contributed by atoms with Crippen LogP contribution in [0.1, 0.15) is 0 Å². The fourth-order valence-electron chi connectivity index (χ4n) is 2.83. The van der Waals surface area contributed by atoms with Crippen molar-refractivity contribution in [2.75, 3.05) is 5.32 Å². The van der Waals surface area contributed by atoms with E-state index in [-0.39, 0.29) is 0 Å². The minimum atomic E-state index is -0.513. The highest BCUT2D eigenvalue weighted by molar-refractivity contribution is 5.95. The number of rotatable bonds is 3. The van der Waals surface area contributed by atoms with Gasteiger partial charge < -0.3 is 9.72 Å². The van der Waals surface area contributed by atoms with Crippen molar-refractivity contribution in [2.24, 2.45) is 0 Å². The lowest BCUT2D eigenvalue weighted by Gasteiger charge is -2.09. The van der Waals surface area contributed by atoms with Crippen LogP contribution in [0, 0.1) is 0 Å². The van der Waals surface area contributed by atoms with Crippen molar-refractivity contribution < 1.29 is 9.53 Å². The first-order valence-electron chi connectivity index (χ1n) is 8.00. The molecule has 0 spiro atoms. The molecular formula is C21H16N2O2. The van der Waals surface area contributed by atoms with Crippen LogP contribution in [-0.2, 0) is 0 Å². The topological polar surface area (TPSA) is 54.1 Å². The molecule has 2 N–H and O–H groups in total.